The number of hydrogen-bond donors (Lipinski definition) is 1. The van der Waals surface area contributed by atoms with Crippen molar-refractivity contribution in [2.24, 2.45) is 0 Å². The van der Waals surface area contributed by atoms with Gasteiger partial charge in [0.15, 0.2) is 5.76 Å². The molecule has 6 heteroatoms. The van der Waals surface area contributed by atoms with Crippen LogP contribution in [-0.4, -0.2) is 5.16 Å². The zero-order valence-electron chi connectivity index (χ0n) is 10.0. The van der Waals surface area contributed by atoms with E-state index in [1.165, 1.54) is 30.4 Å². The average Bonchev–Trinajstić information content (AvgIpc) is 2.67. The minimum absolute atomic E-state index is 0.0510. The summed E-state index contributed by atoms with van der Waals surface area (Å²) in [5.74, 6) is 0.434. The van der Waals surface area contributed by atoms with Crippen molar-refractivity contribution in [2.75, 3.05) is 5.73 Å². The fraction of sp³-hybridized carbons (Fsp3) is 0.154. The van der Waals surface area contributed by atoms with Gasteiger partial charge in [0.1, 0.15) is 11.4 Å². The third-order valence-corrected chi connectivity index (χ3v) is 2.62. The monoisotopic (exact) mass is 268 g/mol. The Labute approximate surface area is 107 Å². The molecular weight excluding hydrogens is 257 g/mol. The molecule has 0 saturated heterocycles. The summed E-state index contributed by atoms with van der Waals surface area (Å²) in [7, 11) is 0. The maximum atomic E-state index is 12.8. The largest absolute Gasteiger partial charge is 0.416 e. The minimum atomic E-state index is -4.40. The van der Waals surface area contributed by atoms with E-state index in [0.717, 1.165) is 6.07 Å². The predicted octanol–water partition coefficient (Wildman–Crippen LogP) is 3.75. The molecule has 1 aromatic heterocycles. The second-order valence-corrected chi connectivity index (χ2v) is 3.96. The summed E-state index contributed by atoms with van der Waals surface area (Å²) in [6.07, 6.45) is -1.68. The van der Waals surface area contributed by atoms with Crippen LogP contribution in [0.5, 0.6) is 0 Å². The summed E-state index contributed by atoms with van der Waals surface area (Å²) in [5, 5.41) is 3.65. The molecule has 0 amide bonds. The highest BCUT2D eigenvalue weighted by Gasteiger charge is 2.32. The molecule has 0 aliphatic rings. The van der Waals surface area contributed by atoms with Crippen LogP contribution in [0.2, 0.25) is 0 Å². The fourth-order valence-corrected chi connectivity index (χ4v) is 1.59. The topological polar surface area (TPSA) is 52.0 Å². The highest BCUT2D eigenvalue weighted by atomic mass is 19.4. The first kappa shape index (κ1) is 13.2. The van der Waals surface area contributed by atoms with Crippen LogP contribution < -0.4 is 5.73 Å². The molecule has 2 aromatic rings. The molecule has 0 radical (unpaired) electrons. The number of nitrogens with zero attached hydrogens (tertiary/aromatic N) is 1. The Hall–Kier alpha value is -2.24. The fourth-order valence-electron chi connectivity index (χ4n) is 1.59. The van der Waals surface area contributed by atoms with Gasteiger partial charge in [-0.1, -0.05) is 29.4 Å². The van der Waals surface area contributed by atoms with E-state index in [-0.39, 0.29) is 5.56 Å². The third kappa shape index (κ3) is 2.78. The number of nitrogen functional groups attached to an aromatic ring is 1. The molecule has 1 heterocycles. The van der Waals surface area contributed by atoms with Crippen LogP contribution in [0, 0.1) is 6.92 Å². The molecule has 2 N–H and O–H groups in total. The second-order valence-electron chi connectivity index (χ2n) is 3.96. The maximum Gasteiger partial charge on any atom is 0.416 e. The third-order valence-electron chi connectivity index (χ3n) is 2.62. The van der Waals surface area contributed by atoms with Gasteiger partial charge in [-0.25, -0.2) is 0 Å². The van der Waals surface area contributed by atoms with Gasteiger partial charge in [-0.05, 0) is 24.6 Å². The number of nitrogens with two attached hydrogens (primary N) is 1. The van der Waals surface area contributed by atoms with E-state index >= 15 is 0 Å². The minimum Gasteiger partial charge on any atom is -0.394 e. The van der Waals surface area contributed by atoms with E-state index < -0.39 is 11.7 Å². The van der Waals surface area contributed by atoms with Crippen molar-refractivity contribution in [3.05, 3.63) is 46.8 Å². The van der Waals surface area contributed by atoms with Crippen molar-refractivity contribution in [1.29, 1.82) is 0 Å². The predicted molar refractivity (Wildman–Crippen MR) is 66.0 cm³/mol. The lowest BCUT2D eigenvalue weighted by Gasteiger charge is -2.09. The lowest BCUT2D eigenvalue weighted by Crippen LogP contribution is -2.06. The van der Waals surface area contributed by atoms with E-state index in [4.69, 9.17) is 10.3 Å². The first-order valence-electron chi connectivity index (χ1n) is 5.45. The zero-order valence-corrected chi connectivity index (χ0v) is 10.0. The number of benzene rings is 1. The van der Waals surface area contributed by atoms with Crippen LogP contribution in [0.1, 0.15) is 22.6 Å². The van der Waals surface area contributed by atoms with E-state index in [0.29, 0.717) is 17.1 Å². The molecule has 3 nitrogen and oxygen atoms in total. The number of anilines is 1. The summed E-state index contributed by atoms with van der Waals surface area (Å²) in [5.41, 5.74) is 5.64. The van der Waals surface area contributed by atoms with Crippen LogP contribution in [0.4, 0.5) is 18.9 Å². The van der Waals surface area contributed by atoms with Crippen LogP contribution in [0.25, 0.3) is 12.2 Å². The van der Waals surface area contributed by atoms with Gasteiger partial charge < -0.3 is 10.3 Å². The molecule has 0 unspecified atom stereocenters. The van der Waals surface area contributed by atoms with E-state index in [1.807, 2.05) is 0 Å². The number of halogens is 3. The first-order valence-corrected chi connectivity index (χ1v) is 5.45. The number of rotatable bonds is 2. The van der Waals surface area contributed by atoms with Gasteiger partial charge in [0.25, 0.3) is 0 Å². The van der Waals surface area contributed by atoms with Crippen LogP contribution in [0.15, 0.2) is 28.8 Å². The van der Waals surface area contributed by atoms with Gasteiger partial charge in [0, 0.05) is 0 Å². The van der Waals surface area contributed by atoms with Crippen LogP contribution in [-0.2, 0) is 6.18 Å². The normalized spacial score (nSPS) is 12.2. The van der Waals surface area contributed by atoms with Crippen molar-refractivity contribution in [1.82, 2.24) is 5.16 Å². The number of alkyl halides is 3. The summed E-state index contributed by atoms with van der Waals surface area (Å²) >= 11 is 0. The van der Waals surface area contributed by atoms with E-state index in [2.05, 4.69) is 5.16 Å². The highest BCUT2D eigenvalue weighted by Crippen LogP contribution is 2.32. The molecule has 0 spiro atoms. The van der Waals surface area contributed by atoms with Crippen LogP contribution >= 0.6 is 0 Å². The van der Waals surface area contributed by atoms with Gasteiger partial charge >= 0.3 is 6.18 Å². The second kappa shape index (κ2) is 4.79. The van der Waals surface area contributed by atoms with Crippen molar-refractivity contribution in [3.63, 3.8) is 0 Å². The number of hydrogen-bond acceptors (Lipinski definition) is 3. The molecule has 0 aliphatic heterocycles. The summed E-state index contributed by atoms with van der Waals surface area (Å²) in [4.78, 5) is 0. The smallest absolute Gasteiger partial charge is 0.394 e. The maximum absolute atomic E-state index is 12.8. The molecule has 2 rings (SSSR count). The molecule has 0 fully saturated rings. The van der Waals surface area contributed by atoms with Gasteiger partial charge in [-0.3, -0.25) is 0 Å². The molecule has 0 atom stereocenters. The molecule has 100 valence electrons. The van der Waals surface area contributed by atoms with Gasteiger partial charge in [-0.2, -0.15) is 13.2 Å². The quantitative estimate of drug-likeness (QED) is 0.902. The average molecular weight is 268 g/mol. The van der Waals surface area contributed by atoms with Crippen LogP contribution in [0.3, 0.4) is 0 Å². The highest BCUT2D eigenvalue weighted by molar-refractivity contribution is 5.75. The Balaban J connectivity index is 2.37. The van der Waals surface area contributed by atoms with Gasteiger partial charge in [0.05, 0.1) is 5.56 Å². The summed E-state index contributed by atoms with van der Waals surface area (Å²) in [6.45, 7) is 1.63. The molecule has 0 bridgehead atoms. The Bertz CT molecular complexity index is 615. The molecular formula is C13H11F3N2O. The van der Waals surface area contributed by atoms with Crippen molar-refractivity contribution in [3.8, 4) is 0 Å². The first-order chi connectivity index (χ1) is 8.89. The van der Waals surface area contributed by atoms with Crippen molar-refractivity contribution < 1.29 is 17.7 Å². The Morgan fingerprint density at radius 1 is 1.21 bits per heavy atom. The number of aryl methyl sites for hydroxylation is 1. The van der Waals surface area contributed by atoms with Gasteiger partial charge in [-0.15, -0.1) is 0 Å². The standard InChI is InChI=1S/C13H11F3N2O/c1-8-12(17)11(18-19-8)7-6-9-4-2-3-5-10(9)13(14,15)16/h2-7H,17H2,1H3/b7-6+. The Kier molecular flexibility index (Phi) is 3.33. The molecule has 0 aliphatic carbocycles. The lowest BCUT2D eigenvalue weighted by atomic mass is 10.1. The van der Waals surface area contributed by atoms with Crippen molar-refractivity contribution in [2.45, 2.75) is 13.1 Å². The Morgan fingerprint density at radius 3 is 2.47 bits per heavy atom. The summed E-state index contributed by atoms with van der Waals surface area (Å²) in [6, 6.07) is 5.28. The lowest BCUT2D eigenvalue weighted by molar-refractivity contribution is -0.137. The Morgan fingerprint density at radius 2 is 1.89 bits per heavy atom. The van der Waals surface area contributed by atoms with Gasteiger partial charge in [0.2, 0.25) is 0 Å². The van der Waals surface area contributed by atoms with Crippen molar-refractivity contribution >= 4 is 17.8 Å². The summed E-state index contributed by atoms with van der Waals surface area (Å²) < 4.78 is 43.1. The van der Waals surface area contributed by atoms with E-state index in [1.54, 1.807) is 6.92 Å². The number of aromatic nitrogens is 1. The SMILES string of the molecule is Cc1onc(/C=C/c2ccccc2C(F)(F)F)c1N. The molecule has 0 saturated carbocycles. The molecule has 1 aromatic carbocycles. The molecule has 19 heavy (non-hydrogen) atoms. The zero-order chi connectivity index (χ0) is 14.0. The van der Waals surface area contributed by atoms with E-state index in [9.17, 15) is 13.2 Å².